The van der Waals surface area contributed by atoms with Gasteiger partial charge in [-0.1, -0.05) is 11.6 Å². The van der Waals surface area contributed by atoms with Crippen LogP contribution in [0.15, 0.2) is 11.7 Å². The van der Waals surface area contributed by atoms with Gasteiger partial charge >= 0.3 is 5.97 Å². The average Bonchev–Trinajstić information content (AvgIpc) is 1.89. The lowest BCUT2D eigenvalue weighted by Gasteiger charge is -2.07. The van der Waals surface area contributed by atoms with Crippen molar-refractivity contribution in [1.29, 1.82) is 0 Å². The van der Waals surface area contributed by atoms with Gasteiger partial charge in [-0.05, 0) is 0 Å². The van der Waals surface area contributed by atoms with Gasteiger partial charge < -0.3 is 10.4 Å². The van der Waals surface area contributed by atoms with E-state index in [0.717, 1.165) is 0 Å². The lowest BCUT2D eigenvalue weighted by Crippen LogP contribution is -2.34. The molecule has 0 heterocycles. The van der Waals surface area contributed by atoms with Gasteiger partial charge in [0.05, 0.1) is 0 Å². The minimum atomic E-state index is -0.940. The molecule has 0 aromatic carbocycles. The van der Waals surface area contributed by atoms with Crippen molar-refractivity contribution in [1.82, 2.24) is 5.32 Å². The summed E-state index contributed by atoms with van der Waals surface area (Å²) < 4.78 is 0. The van der Waals surface area contributed by atoms with Crippen molar-refractivity contribution in [3.8, 4) is 0 Å². The number of halogens is 1. The molecule has 0 radical (unpaired) electrons. The number of nitrogens with one attached hydrogen (secondary N) is 1. The molecule has 10 heavy (non-hydrogen) atoms. The molecule has 2 N–H and O–H groups in total. The summed E-state index contributed by atoms with van der Waals surface area (Å²) >= 11 is 8.95. The zero-order chi connectivity index (χ0) is 7.98. The summed E-state index contributed by atoms with van der Waals surface area (Å²) in [5, 5.41) is 10.9. The Balaban J connectivity index is 3.71. The number of hydrogen-bond donors (Lipinski definition) is 3. The fourth-order valence-corrected chi connectivity index (χ4v) is 0.689. The molecule has 0 aromatic rings. The summed E-state index contributed by atoms with van der Waals surface area (Å²) in [5.74, 6) is -0.707. The quantitative estimate of drug-likeness (QED) is 0.559. The lowest BCUT2D eigenvalue weighted by molar-refractivity contribution is -0.138. The average molecular weight is 182 g/mol. The van der Waals surface area contributed by atoms with Gasteiger partial charge in [0.15, 0.2) is 0 Å². The van der Waals surface area contributed by atoms with Crippen LogP contribution in [0.4, 0.5) is 0 Å². The first-order chi connectivity index (χ1) is 4.72. The molecule has 5 heteroatoms. The Bertz CT molecular complexity index is 140. The summed E-state index contributed by atoms with van der Waals surface area (Å²) in [6.07, 6.45) is 1.36. The minimum absolute atomic E-state index is 0.233. The van der Waals surface area contributed by atoms with Crippen molar-refractivity contribution in [2.75, 3.05) is 5.75 Å². The predicted octanol–water partition coefficient (Wildman–Crippen LogP) is 0.669. The SMILES string of the molecule is O=C(O)[C@H](CS)NC=CCl. The van der Waals surface area contributed by atoms with E-state index in [0.29, 0.717) is 0 Å². The Morgan fingerprint density at radius 1 is 1.90 bits per heavy atom. The zero-order valence-corrected chi connectivity index (χ0v) is 6.77. The van der Waals surface area contributed by atoms with Crippen molar-refractivity contribution in [2.24, 2.45) is 0 Å². The van der Waals surface area contributed by atoms with Gasteiger partial charge in [0.1, 0.15) is 6.04 Å². The van der Waals surface area contributed by atoms with Crippen molar-refractivity contribution < 1.29 is 9.90 Å². The van der Waals surface area contributed by atoms with E-state index in [-0.39, 0.29) is 5.75 Å². The van der Waals surface area contributed by atoms with Gasteiger partial charge in [-0.3, -0.25) is 0 Å². The van der Waals surface area contributed by atoms with Crippen LogP contribution in [-0.4, -0.2) is 22.9 Å². The molecule has 0 saturated heterocycles. The van der Waals surface area contributed by atoms with Gasteiger partial charge in [-0.2, -0.15) is 12.6 Å². The van der Waals surface area contributed by atoms with Gasteiger partial charge in [0.2, 0.25) is 0 Å². The Kier molecular flexibility index (Phi) is 5.25. The summed E-state index contributed by atoms with van der Waals surface area (Å²) in [4.78, 5) is 10.2. The molecule has 3 nitrogen and oxygen atoms in total. The molecule has 0 spiro atoms. The molecule has 0 fully saturated rings. The van der Waals surface area contributed by atoms with Crippen molar-refractivity contribution in [3.05, 3.63) is 11.7 Å². The monoisotopic (exact) mass is 181 g/mol. The third kappa shape index (κ3) is 3.63. The molecule has 0 aliphatic rings. The van der Waals surface area contributed by atoms with E-state index in [1.54, 1.807) is 0 Å². The van der Waals surface area contributed by atoms with Crippen LogP contribution in [0.3, 0.4) is 0 Å². The van der Waals surface area contributed by atoms with Gasteiger partial charge in [-0.25, -0.2) is 4.79 Å². The van der Waals surface area contributed by atoms with E-state index in [1.807, 2.05) is 0 Å². The normalized spacial score (nSPS) is 13.4. The third-order valence-electron chi connectivity index (χ3n) is 0.841. The molecule has 0 unspecified atom stereocenters. The number of carbonyl (C=O) groups is 1. The standard InChI is InChI=1S/C5H8ClNO2S/c6-1-2-7-4(3-10)5(8)9/h1-2,4,7,10H,3H2,(H,8,9)/t4-/m0/s1. The van der Waals surface area contributed by atoms with Gasteiger partial charge in [0, 0.05) is 17.5 Å². The number of thiol groups is 1. The fourth-order valence-electron chi connectivity index (χ4n) is 0.355. The van der Waals surface area contributed by atoms with Crippen molar-refractivity contribution in [3.63, 3.8) is 0 Å². The summed E-state index contributed by atoms with van der Waals surface area (Å²) in [5.41, 5.74) is 1.21. The van der Waals surface area contributed by atoms with Crippen LogP contribution >= 0.6 is 24.2 Å². The van der Waals surface area contributed by atoms with Crippen LogP contribution < -0.4 is 5.32 Å². The van der Waals surface area contributed by atoms with E-state index in [4.69, 9.17) is 16.7 Å². The highest BCUT2D eigenvalue weighted by molar-refractivity contribution is 7.80. The topological polar surface area (TPSA) is 49.3 Å². The number of carboxylic acid groups (broad SMARTS) is 1. The lowest BCUT2D eigenvalue weighted by atomic mass is 10.3. The smallest absolute Gasteiger partial charge is 0.326 e. The van der Waals surface area contributed by atoms with Crippen LogP contribution in [-0.2, 0) is 4.79 Å². The predicted molar refractivity (Wildman–Crippen MR) is 43.4 cm³/mol. The highest BCUT2D eigenvalue weighted by Gasteiger charge is 2.11. The number of rotatable bonds is 4. The maximum atomic E-state index is 10.2. The molecule has 0 aromatic heterocycles. The molecule has 0 rings (SSSR count). The van der Waals surface area contributed by atoms with Crippen LogP contribution in [0.2, 0.25) is 0 Å². The van der Waals surface area contributed by atoms with Crippen molar-refractivity contribution in [2.45, 2.75) is 6.04 Å². The first-order valence-electron chi connectivity index (χ1n) is 2.57. The second-order valence-corrected chi connectivity index (χ2v) is 2.15. The molecule has 0 aliphatic carbocycles. The first-order valence-corrected chi connectivity index (χ1v) is 3.64. The van der Waals surface area contributed by atoms with E-state index in [9.17, 15) is 4.79 Å². The Morgan fingerprint density at radius 3 is 2.80 bits per heavy atom. The molecule has 0 bridgehead atoms. The summed E-state index contributed by atoms with van der Waals surface area (Å²) in [6.45, 7) is 0. The van der Waals surface area contributed by atoms with Crippen molar-refractivity contribution >= 4 is 30.2 Å². The fraction of sp³-hybridized carbons (Fsp3) is 0.400. The number of carboxylic acids is 1. The molecular formula is C5H8ClNO2S. The van der Waals surface area contributed by atoms with E-state index >= 15 is 0 Å². The Labute approximate surface area is 69.5 Å². The summed E-state index contributed by atoms with van der Waals surface area (Å²) in [6, 6.07) is -0.668. The van der Waals surface area contributed by atoms with Crippen LogP contribution in [0, 0.1) is 0 Å². The van der Waals surface area contributed by atoms with Gasteiger partial charge in [-0.15, -0.1) is 0 Å². The Morgan fingerprint density at radius 2 is 2.50 bits per heavy atom. The van der Waals surface area contributed by atoms with E-state index < -0.39 is 12.0 Å². The van der Waals surface area contributed by atoms with E-state index in [2.05, 4.69) is 17.9 Å². The number of hydrogen-bond acceptors (Lipinski definition) is 3. The molecular weight excluding hydrogens is 174 g/mol. The first kappa shape index (κ1) is 9.65. The molecule has 0 amide bonds. The Hall–Kier alpha value is -0.350. The highest BCUT2D eigenvalue weighted by atomic mass is 35.5. The summed E-state index contributed by atoms with van der Waals surface area (Å²) in [7, 11) is 0. The number of aliphatic carboxylic acids is 1. The molecule has 1 atom stereocenters. The second-order valence-electron chi connectivity index (χ2n) is 1.53. The van der Waals surface area contributed by atoms with Crippen LogP contribution in [0.5, 0.6) is 0 Å². The maximum Gasteiger partial charge on any atom is 0.326 e. The van der Waals surface area contributed by atoms with E-state index in [1.165, 1.54) is 11.7 Å². The molecule has 0 saturated carbocycles. The molecule has 0 aliphatic heterocycles. The zero-order valence-electron chi connectivity index (χ0n) is 5.12. The highest BCUT2D eigenvalue weighted by Crippen LogP contribution is 1.88. The molecule has 58 valence electrons. The van der Waals surface area contributed by atoms with Gasteiger partial charge in [0.25, 0.3) is 0 Å². The third-order valence-corrected chi connectivity index (χ3v) is 1.33. The maximum absolute atomic E-state index is 10.2. The van der Waals surface area contributed by atoms with Crippen LogP contribution in [0.1, 0.15) is 0 Å². The van der Waals surface area contributed by atoms with Crippen LogP contribution in [0.25, 0.3) is 0 Å². The second kappa shape index (κ2) is 5.44. The largest absolute Gasteiger partial charge is 0.480 e. The minimum Gasteiger partial charge on any atom is -0.480 e.